The van der Waals surface area contributed by atoms with E-state index in [-0.39, 0.29) is 5.91 Å². The third kappa shape index (κ3) is 4.29. The maximum Gasteiger partial charge on any atom is 0.220 e. The molecule has 4 nitrogen and oxygen atoms in total. The molecule has 0 bridgehead atoms. The van der Waals surface area contributed by atoms with Crippen molar-refractivity contribution in [3.63, 3.8) is 0 Å². The summed E-state index contributed by atoms with van der Waals surface area (Å²) in [5, 5.41) is 3.87. The first-order chi connectivity index (χ1) is 9.29. The number of hydrogen-bond acceptors (Lipinski definition) is 4. The van der Waals surface area contributed by atoms with E-state index in [1.54, 1.807) is 11.3 Å². The van der Waals surface area contributed by atoms with E-state index in [0.29, 0.717) is 19.5 Å². The summed E-state index contributed by atoms with van der Waals surface area (Å²) in [5.41, 5.74) is 6.41. The Morgan fingerprint density at radius 1 is 1.26 bits per heavy atom. The first-order valence-electron chi connectivity index (χ1n) is 6.61. The maximum absolute atomic E-state index is 11.6. The summed E-state index contributed by atoms with van der Waals surface area (Å²) in [6.45, 7) is 1.22. The van der Waals surface area contributed by atoms with Crippen LogP contribution in [0, 0.1) is 0 Å². The van der Waals surface area contributed by atoms with Crippen LogP contribution < -0.4 is 11.1 Å². The summed E-state index contributed by atoms with van der Waals surface area (Å²) >= 11 is 1.63. The molecular formula is C14H19N3OS. The number of nitrogens with zero attached hydrogens (tertiary/aromatic N) is 1. The van der Waals surface area contributed by atoms with E-state index >= 15 is 0 Å². The van der Waals surface area contributed by atoms with Gasteiger partial charge in [0.15, 0.2) is 0 Å². The van der Waals surface area contributed by atoms with Gasteiger partial charge in [0.1, 0.15) is 5.01 Å². The van der Waals surface area contributed by atoms with E-state index in [4.69, 9.17) is 5.73 Å². The van der Waals surface area contributed by atoms with Crippen molar-refractivity contribution in [2.24, 2.45) is 5.73 Å². The Morgan fingerprint density at radius 3 is 2.89 bits per heavy atom. The van der Waals surface area contributed by atoms with Crippen molar-refractivity contribution in [3.8, 4) is 0 Å². The minimum absolute atomic E-state index is 0.0938. The minimum Gasteiger partial charge on any atom is -0.350 e. The molecule has 1 amide bonds. The van der Waals surface area contributed by atoms with Crippen molar-refractivity contribution in [3.05, 3.63) is 29.3 Å². The number of nitrogens with two attached hydrogens (primary N) is 1. The fraction of sp³-hybridized carbons (Fsp3) is 0.429. The maximum atomic E-state index is 11.6. The van der Waals surface area contributed by atoms with E-state index in [0.717, 1.165) is 34.5 Å². The average molecular weight is 277 g/mol. The number of aromatic nitrogens is 1. The molecule has 1 aromatic carbocycles. The first kappa shape index (κ1) is 14.0. The molecule has 0 aliphatic rings. The highest BCUT2D eigenvalue weighted by atomic mass is 32.1. The molecule has 0 aliphatic heterocycles. The number of fused-ring (bicyclic) bond motifs is 1. The molecule has 0 saturated heterocycles. The van der Waals surface area contributed by atoms with Gasteiger partial charge in [-0.05, 0) is 31.5 Å². The zero-order valence-electron chi connectivity index (χ0n) is 10.9. The number of hydrogen-bond donors (Lipinski definition) is 2. The molecule has 0 atom stereocenters. The summed E-state index contributed by atoms with van der Waals surface area (Å²) < 4.78 is 1.16. The van der Waals surface area contributed by atoms with Crippen LogP contribution in [-0.2, 0) is 11.3 Å². The molecule has 1 heterocycles. The van der Waals surface area contributed by atoms with Crippen LogP contribution in [0.5, 0.6) is 0 Å². The van der Waals surface area contributed by atoms with E-state index in [1.807, 2.05) is 24.3 Å². The van der Waals surface area contributed by atoms with Gasteiger partial charge in [0, 0.05) is 6.42 Å². The second-order valence-corrected chi connectivity index (χ2v) is 5.57. The predicted octanol–water partition coefficient (Wildman–Crippen LogP) is 2.43. The smallest absolute Gasteiger partial charge is 0.220 e. The lowest BCUT2D eigenvalue weighted by atomic mass is 10.2. The molecule has 0 spiro atoms. The normalized spacial score (nSPS) is 10.8. The monoisotopic (exact) mass is 277 g/mol. The lowest BCUT2D eigenvalue weighted by Crippen LogP contribution is -2.22. The third-order valence-electron chi connectivity index (χ3n) is 2.88. The van der Waals surface area contributed by atoms with Gasteiger partial charge in [0.25, 0.3) is 0 Å². The van der Waals surface area contributed by atoms with Gasteiger partial charge < -0.3 is 11.1 Å². The zero-order chi connectivity index (χ0) is 13.5. The number of nitrogens with one attached hydrogen (secondary N) is 1. The van der Waals surface area contributed by atoms with Gasteiger partial charge >= 0.3 is 0 Å². The quantitative estimate of drug-likeness (QED) is 0.764. The Bertz CT molecular complexity index is 505. The van der Waals surface area contributed by atoms with Gasteiger partial charge in [0.05, 0.1) is 16.8 Å². The van der Waals surface area contributed by atoms with E-state index < -0.39 is 0 Å². The van der Waals surface area contributed by atoms with E-state index in [2.05, 4.69) is 10.3 Å². The number of para-hydroxylation sites is 1. The molecule has 0 radical (unpaired) electrons. The van der Waals surface area contributed by atoms with Crippen molar-refractivity contribution >= 4 is 27.5 Å². The topological polar surface area (TPSA) is 68.0 Å². The molecule has 0 aliphatic carbocycles. The standard InChI is InChI=1S/C14H19N3OS/c15-9-5-1-2-8-13(18)16-10-14-17-11-6-3-4-7-12(11)19-14/h3-4,6-7H,1-2,5,8-10,15H2,(H,16,18). The number of carbonyl (C=O) groups is 1. The third-order valence-corrected chi connectivity index (χ3v) is 3.92. The number of rotatable bonds is 7. The summed E-state index contributed by atoms with van der Waals surface area (Å²) in [7, 11) is 0. The number of unbranched alkanes of at least 4 members (excludes halogenated alkanes) is 2. The van der Waals surface area contributed by atoms with Crippen molar-refractivity contribution < 1.29 is 4.79 Å². The van der Waals surface area contributed by atoms with Crippen LogP contribution in [0.15, 0.2) is 24.3 Å². The Hall–Kier alpha value is -1.46. The van der Waals surface area contributed by atoms with Gasteiger partial charge in [0.2, 0.25) is 5.91 Å². The average Bonchev–Trinajstić information content (AvgIpc) is 2.84. The lowest BCUT2D eigenvalue weighted by molar-refractivity contribution is -0.121. The van der Waals surface area contributed by atoms with Crippen LogP contribution in [0.1, 0.15) is 30.7 Å². The van der Waals surface area contributed by atoms with Gasteiger partial charge in [-0.25, -0.2) is 4.98 Å². The molecule has 2 rings (SSSR count). The molecule has 2 aromatic rings. The van der Waals surface area contributed by atoms with Gasteiger partial charge in [-0.2, -0.15) is 0 Å². The van der Waals surface area contributed by atoms with Crippen LogP contribution in [0.25, 0.3) is 10.2 Å². The fourth-order valence-corrected chi connectivity index (χ4v) is 2.77. The molecular weight excluding hydrogens is 258 g/mol. The molecule has 0 saturated carbocycles. The number of benzene rings is 1. The lowest BCUT2D eigenvalue weighted by Gasteiger charge is -2.02. The largest absolute Gasteiger partial charge is 0.350 e. The van der Waals surface area contributed by atoms with Crippen molar-refractivity contribution in [1.82, 2.24) is 10.3 Å². The second kappa shape index (κ2) is 7.21. The highest BCUT2D eigenvalue weighted by Crippen LogP contribution is 2.21. The molecule has 3 N–H and O–H groups in total. The SMILES string of the molecule is NCCCCCC(=O)NCc1nc2ccccc2s1. The predicted molar refractivity (Wildman–Crippen MR) is 79.0 cm³/mol. The molecule has 0 unspecified atom stereocenters. The molecule has 19 heavy (non-hydrogen) atoms. The summed E-state index contributed by atoms with van der Waals surface area (Å²) in [4.78, 5) is 16.1. The first-order valence-corrected chi connectivity index (χ1v) is 7.42. The van der Waals surface area contributed by atoms with Gasteiger partial charge in [-0.15, -0.1) is 11.3 Å². The number of amides is 1. The van der Waals surface area contributed by atoms with Crippen LogP contribution in [0.2, 0.25) is 0 Å². The Labute approximate surface area is 117 Å². The van der Waals surface area contributed by atoms with Gasteiger partial charge in [-0.1, -0.05) is 18.6 Å². The van der Waals surface area contributed by atoms with Crippen LogP contribution >= 0.6 is 11.3 Å². The molecule has 0 fully saturated rings. The zero-order valence-corrected chi connectivity index (χ0v) is 11.7. The van der Waals surface area contributed by atoms with Crippen molar-refractivity contribution in [1.29, 1.82) is 0 Å². The summed E-state index contributed by atoms with van der Waals surface area (Å²) in [6, 6.07) is 8.01. The van der Waals surface area contributed by atoms with Crippen LogP contribution in [-0.4, -0.2) is 17.4 Å². The van der Waals surface area contributed by atoms with E-state index in [9.17, 15) is 4.79 Å². The highest BCUT2D eigenvalue weighted by molar-refractivity contribution is 7.18. The highest BCUT2D eigenvalue weighted by Gasteiger charge is 2.05. The Morgan fingerprint density at radius 2 is 2.11 bits per heavy atom. The number of thiazole rings is 1. The number of carbonyl (C=O) groups excluding carboxylic acids is 1. The molecule has 1 aromatic heterocycles. The minimum atomic E-state index is 0.0938. The van der Waals surface area contributed by atoms with Crippen LogP contribution in [0.4, 0.5) is 0 Å². The van der Waals surface area contributed by atoms with Crippen molar-refractivity contribution in [2.45, 2.75) is 32.2 Å². The molecule has 102 valence electrons. The van der Waals surface area contributed by atoms with Crippen molar-refractivity contribution in [2.75, 3.05) is 6.54 Å². The Balaban J connectivity index is 1.77. The summed E-state index contributed by atoms with van der Waals surface area (Å²) in [6.07, 6.45) is 3.49. The Kier molecular flexibility index (Phi) is 5.30. The summed E-state index contributed by atoms with van der Waals surface area (Å²) in [5.74, 6) is 0.0938. The van der Waals surface area contributed by atoms with E-state index in [1.165, 1.54) is 0 Å². The second-order valence-electron chi connectivity index (χ2n) is 4.45. The fourth-order valence-electron chi connectivity index (χ4n) is 1.86. The molecule has 5 heteroatoms. The van der Waals surface area contributed by atoms with Gasteiger partial charge in [-0.3, -0.25) is 4.79 Å². The van der Waals surface area contributed by atoms with Crippen LogP contribution in [0.3, 0.4) is 0 Å².